The van der Waals surface area contributed by atoms with Gasteiger partial charge in [0.2, 0.25) is 0 Å². The van der Waals surface area contributed by atoms with Crippen LogP contribution in [0.1, 0.15) is 6.42 Å². The minimum atomic E-state index is 0.352. The maximum Gasteiger partial charge on any atom is 0.131 e. The van der Waals surface area contributed by atoms with Gasteiger partial charge in [-0.2, -0.15) is 0 Å². The summed E-state index contributed by atoms with van der Waals surface area (Å²) >= 11 is 0. The molecule has 0 spiro atoms. The van der Waals surface area contributed by atoms with E-state index in [0.29, 0.717) is 5.92 Å². The van der Waals surface area contributed by atoms with E-state index in [4.69, 9.17) is 0 Å². The molecule has 0 bridgehead atoms. The van der Waals surface area contributed by atoms with Gasteiger partial charge in [-0.3, -0.25) is 0 Å². The average molecular weight is 80.1 g/mol. The summed E-state index contributed by atoms with van der Waals surface area (Å²) in [5, 5.41) is 0. The largest absolute Gasteiger partial charge is 0.302 e. The molecule has 0 saturated carbocycles. The second-order valence-electron chi connectivity index (χ2n) is 1.84. The molecule has 0 atom stereocenters. The van der Waals surface area contributed by atoms with Crippen LogP contribution in [0, 0.1) is 5.92 Å². The SMILES string of the molecule is O=CC1C2=C1C2. The van der Waals surface area contributed by atoms with Gasteiger partial charge < -0.3 is 4.79 Å². The van der Waals surface area contributed by atoms with Crippen molar-refractivity contribution >= 4 is 6.29 Å². The van der Waals surface area contributed by atoms with Gasteiger partial charge >= 0.3 is 0 Å². The fourth-order valence-corrected chi connectivity index (χ4v) is 0.754. The molecule has 1 nitrogen and oxygen atoms in total. The summed E-state index contributed by atoms with van der Waals surface area (Å²) in [7, 11) is 0. The van der Waals surface area contributed by atoms with Crippen LogP contribution in [-0.4, -0.2) is 6.29 Å². The molecule has 0 aromatic heterocycles. The number of allylic oxidation sites excluding steroid dienone is 2. The molecule has 0 aliphatic heterocycles. The van der Waals surface area contributed by atoms with Crippen LogP contribution in [0.2, 0.25) is 0 Å². The first kappa shape index (κ1) is 2.56. The van der Waals surface area contributed by atoms with Gasteiger partial charge in [0.15, 0.2) is 0 Å². The zero-order valence-corrected chi connectivity index (χ0v) is 3.27. The first-order chi connectivity index (χ1) is 2.93. The maximum absolute atomic E-state index is 9.77. The van der Waals surface area contributed by atoms with E-state index >= 15 is 0 Å². The third-order valence-corrected chi connectivity index (χ3v) is 1.47. The molecular weight excluding hydrogens is 76.1 g/mol. The standard InChI is InChI=1S/C5H4O/c6-2-5-3-1-4(3)5/h2,5H,1H2. The van der Waals surface area contributed by atoms with E-state index in [1.54, 1.807) is 0 Å². The Morgan fingerprint density at radius 2 is 2.33 bits per heavy atom. The highest BCUT2D eigenvalue weighted by Gasteiger charge is 2.48. The van der Waals surface area contributed by atoms with E-state index in [2.05, 4.69) is 0 Å². The quantitative estimate of drug-likeness (QED) is 0.331. The van der Waals surface area contributed by atoms with Gasteiger partial charge in [0.05, 0.1) is 5.92 Å². The van der Waals surface area contributed by atoms with Crippen molar-refractivity contribution < 1.29 is 4.79 Å². The fourth-order valence-electron chi connectivity index (χ4n) is 0.754. The lowest BCUT2D eigenvalue weighted by Crippen LogP contribution is -1.89. The second-order valence-corrected chi connectivity index (χ2v) is 1.84. The zero-order valence-electron chi connectivity index (χ0n) is 3.27. The highest BCUT2D eigenvalue weighted by molar-refractivity contribution is 5.82. The summed E-state index contributed by atoms with van der Waals surface area (Å²) in [6, 6.07) is 0. The van der Waals surface area contributed by atoms with Crippen LogP contribution in [0.25, 0.3) is 0 Å². The van der Waals surface area contributed by atoms with Crippen molar-refractivity contribution in [3.63, 3.8) is 0 Å². The van der Waals surface area contributed by atoms with Crippen LogP contribution < -0.4 is 0 Å². The van der Waals surface area contributed by atoms with Crippen molar-refractivity contribution in [3.05, 3.63) is 11.1 Å². The third-order valence-electron chi connectivity index (χ3n) is 1.47. The van der Waals surface area contributed by atoms with E-state index in [1.807, 2.05) is 0 Å². The molecule has 2 aliphatic carbocycles. The van der Waals surface area contributed by atoms with Crippen molar-refractivity contribution in [1.82, 2.24) is 0 Å². The normalized spacial score (nSPS) is 26.7. The van der Waals surface area contributed by atoms with Gasteiger partial charge in [-0.15, -0.1) is 0 Å². The Bertz CT molecular complexity index is 132. The first-order valence-electron chi connectivity index (χ1n) is 2.10. The van der Waals surface area contributed by atoms with Gasteiger partial charge in [0.25, 0.3) is 0 Å². The van der Waals surface area contributed by atoms with E-state index in [9.17, 15) is 4.79 Å². The van der Waals surface area contributed by atoms with Gasteiger partial charge in [-0.05, 0) is 6.42 Å². The lowest BCUT2D eigenvalue weighted by Gasteiger charge is -1.88. The molecule has 0 amide bonds. The summed E-state index contributed by atoms with van der Waals surface area (Å²) in [4.78, 5) is 9.77. The van der Waals surface area contributed by atoms with Crippen LogP contribution in [0.4, 0.5) is 0 Å². The number of hydrogen-bond donors (Lipinski definition) is 0. The fraction of sp³-hybridized carbons (Fsp3) is 0.400. The minimum Gasteiger partial charge on any atom is -0.302 e. The number of carbonyl (C=O) groups is 1. The summed E-state index contributed by atoms with van der Waals surface area (Å²) < 4.78 is 0. The minimum absolute atomic E-state index is 0.352. The maximum atomic E-state index is 9.77. The molecule has 0 saturated heterocycles. The monoisotopic (exact) mass is 80.0 g/mol. The van der Waals surface area contributed by atoms with Crippen molar-refractivity contribution in [2.24, 2.45) is 5.92 Å². The molecule has 2 aliphatic rings. The van der Waals surface area contributed by atoms with E-state index in [0.717, 1.165) is 6.29 Å². The van der Waals surface area contributed by atoms with E-state index < -0.39 is 0 Å². The molecule has 2 rings (SSSR count). The Kier molecular flexibility index (Phi) is 0.202. The Morgan fingerprint density at radius 3 is 2.33 bits per heavy atom. The van der Waals surface area contributed by atoms with Gasteiger partial charge in [-0.1, -0.05) is 11.1 Å². The topological polar surface area (TPSA) is 17.1 Å². The van der Waals surface area contributed by atoms with Crippen LogP contribution in [0.3, 0.4) is 0 Å². The average Bonchev–Trinajstić information content (AvgIpc) is 2.12. The molecule has 0 fully saturated rings. The summed E-state index contributed by atoms with van der Waals surface area (Å²) in [6.07, 6.45) is 2.21. The van der Waals surface area contributed by atoms with Crippen molar-refractivity contribution in [2.75, 3.05) is 0 Å². The second kappa shape index (κ2) is 0.473. The molecule has 0 unspecified atom stereocenters. The van der Waals surface area contributed by atoms with Crippen molar-refractivity contribution in [2.45, 2.75) is 6.42 Å². The van der Waals surface area contributed by atoms with Crippen molar-refractivity contribution in [1.29, 1.82) is 0 Å². The van der Waals surface area contributed by atoms with Crippen LogP contribution in [0.15, 0.2) is 11.1 Å². The molecule has 0 radical (unpaired) electrons. The lowest BCUT2D eigenvalue weighted by molar-refractivity contribution is -0.108. The molecule has 0 aromatic rings. The van der Waals surface area contributed by atoms with Crippen LogP contribution in [0.5, 0.6) is 0 Å². The Morgan fingerprint density at radius 1 is 1.67 bits per heavy atom. The number of hydrogen-bond acceptors (Lipinski definition) is 1. The van der Waals surface area contributed by atoms with Gasteiger partial charge in [0.1, 0.15) is 6.29 Å². The molecule has 0 heterocycles. The van der Waals surface area contributed by atoms with Crippen LogP contribution >= 0.6 is 0 Å². The number of rotatable bonds is 1. The lowest BCUT2D eigenvalue weighted by atomic mass is 10.1. The van der Waals surface area contributed by atoms with E-state index in [-0.39, 0.29) is 0 Å². The Labute approximate surface area is 35.7 Å². The zero-order chi connectivity index (χ0) is 4.15. The highest BCUT2D eigenvalue weighted by atomic mass is 16.1. The Hall–Kier alpha value is -0.590. The summed E-state index contributed by atoms with van der Waals surface area (Å²) in [6.45, 7) is 0. The molecule has 6 heavy (non-hydrogen) atoms. The van der Waals surface area contributed by atoms with Crippen LogP contribution in [-0.2, 0) is 4.79 Å². The summed E-state index contributed by atoms with van der Waals surface area (Å²) in [5.41, 5.74) is 2.84. The molecule has 30 valence electrons. The smallest absolute Gasteiger partial charge is 0.131 e. The molecule has 1 heteroatoms. The highest BCUT2D eigenvalue weighted by Crippen LogP contribution is 2.59. The predicted octanol–water partition coefficient (Wildman–Crippen LogP) is 0.515. The first-order valence-corrected chi connectivity index (χ1v) is 2.10. The van der Waals surface area contributed by atoms with E-state index in [1.165, 1.54) is 17.6 Å². The molecule has 0 aromatic carbocycles. The van der Waals surface area contributed by atoms with Gasteiger partial charge in [-0.25, -0.2) is 0 Å². The number of aldehydes is 1. The van der Waals surface area contributed by atoms with Gasteiger partial charge in [0, 0.05) is 0 Å². The molecule has 0 N–H and O–H groups in total. The van der Waals surface area contributed by atoms with Crippen molar-refractivity contribution in [3.8, 4) is 0 Å². The third kappa shape index (κ3) is 0.110. The summed E-state index contributed by atoms with van der Waals surface area (Å²) in [5.74, 6) is 0.352. The Balaban J connectivity index is 2.13. The molecular formula is C5H4O. The predicted molar refractivity (Wildman–Crippen MR) is 21.2 cm³/mol. The number of carbonyl (C=O) groups excluding carboxylic acids is 1.